The summed E-state index contributed by atoms with van der Waals surface area (Å²) in [6.45, 7) is 6.10. The van der Waals surface area contributed by atoms with Crippen molar-refractivity contribution in [3.63, 3.8) is 0 Å². The Morgan fingerprint density at radius 2 is 1.79 bits per heavy atom. The molecule has 3 rings (SSSR count). The number of carbonyl (C=O) groups is 2. The number of benzene rings is 1. The fourth-order valence-electron chi connectivity index (χ4n) is 3.24. The van der Waals surface area contributed by atoms with Crippen LogP contribution in [0.3, 0.4) is 0 Å². The van der Waals surface area contributed by atoms with E-state index in [4.69, 9.17) is 9.47 Å². The number of nitrogens with zero attached hydrogens (tertiary/aromatic N) is 3. The third-order valence-corrected chi connectivity index (χ3v) is 4.60. The second-order valence-corrected chi connectivity index (χ2v) is 6.81. The largest absolute Gasteiger partial charge is 0.378 e. The number of imide groups is 1. The van der Waals surface area contributed by atoms with Crippen molar-refractivity contribution in [3.05, 3.63) is 45.6 Å². The summed E-state index contributed by atoms with van der Waals surface area (Å²) in [6, 6.07) is 5.68. The lowest BCUT2D eigenvalue weighted by Gasteiger charge is -2.29. The van der Waals surface area contributed by atoms with Crippen molar-refractivity contribution in [3.8, 4) is 0 Å². The van der Waals surface area contributed by atoms with Crippen molar-refractivity contribution in [1.29, 1.82) is 0 Å². The summed E-state index contributed by atoms with van der Waals surface area (Å²) in [6.07, 6.45) is -0.00590. The molecular formula is C19H23N3O6. The van der Waals surface area contributed by atoms with Crippen LogP contribution in [0.25, 0.3) is 5.57 Å². The number of morpholine rings is 1. The lowest BCUT2D eigenvalue weighted by atomic mass is 10.0. The van der Waals surface area contributed by atoms with E-state index in [1.165, 1.54) is 29.2 Å². The first-order chi connectivity index (χ1) is 13.4. The summed E-state index contributed by atoms with van der Waals surface area (Å²) < 4.78 is 10.8. The maximum Gasteiger partial charge on any atom is 0.277 e. The number of hydrogen-bond donors (Lipinski definition) is 0. The first-order valence-corrected chi connectivity index (χ1v) is 9.19. The first-order valence-electron chi connectivity index (χ1n) is 9.19. The van der Waals surface area contributed by atoms with Crippen molar-refractivity contribution in [2.45, 2.75) is 20.0 Å². The zero-order valence-corrected chi connectivity index (χ0v) is 15.9. The van der Waals surface area contributed by atoms with Gasteiger partial charge in [0.2, 0.25) is 0 Å². The molecule has 0 aliphatic carbocycles. The molecule has 0 aromatic heterocycles. The van der Waals surface area contributed by atoms with Gasteiger partial charge in [-0.1, -0.05) is 0 Å². The lowest BCUT2D eigenvalue weighted by Crippen LogP contribution is -2.41. The van der Waals surface area contributed by atoms with Gasteiger partial charge in [0.15, 0.2) is 0 Å². The minimum absolute atomic E-state index is 0.00590. The van der Waals surface area contributed by atoms with E-state index in [0.29, 0.717) is 37.6 Å². The highest BCUT2D eigenvalue weighted by molar-refractivity contribution is 6.35. The van der Waals surface area contributed by atoms with Crippen molar-refractivity contribution in [2.24, 2.45) is 0 Å². The monoisotopic (exact) mass is 389 g/mol. The Kier molecular flexibility index (Phi) is 6.05. The van der Waals surface area contributed by atoms with Crippen LogP contribution in [0, 0.1) is 10.1 Å². The lowest BCUT2D eigenvalue weighted by molar-refractivity contribution is -0.384. The molecule has 0 unspecified atom stereocenters. The summed E-state index contributed by atoms with van der Waals surface area (Å²) in [7, 11) is 0. The number of hydrogen-bond acceptors (Lipinski definition) is 7. The number of carbonyl (C=O) groups excluding carboxylic acids is 2. The Labute approximate surface area is 162 Å². The Hall–Kier alpha value is -2.78. The SMILES string of the molecule is CC(C)OCCN1C(=O)C(c2ccc([N+](=O)[O-])cc2)=C(N2CCOCC2)C1=O. The van der Waals surface area contributed by atoms with Gasteiger partial charge < -0.3 is 14.4 Å². The molecule has 0 bridgehead atoms. The zero-order valence-electron chi connectivity index (χ0n) is 15.9. The predicted molar refractivity (Wildman–Crippen MR) is 100 cm³/mol. The summed E-state index contributed by atoms with van der Waals surface area (Å²) >= 11 is 0. The van der Waals surface area contributed by atoms with Crippen molar-refractivity contribution < 1.29 is 24.0 Å². The summed E-state index contributed by atoms with van der Waals surface area (Å²) in [4.78, 5) is 39.6. The Morgan fingerprint density at radius 1 is 1.14 bits per heavy atom. The van der Waals surface area contributed by atoms with E-state index < -0.39 is 10.8 Å². The molecular weight excluding hydrogens is 366 g/mol. The average molecular weight is 389 g/mol. The van der Waals surface area contributed by atoms with Crippen LogP contribution in [-0.4, -0.2) is 72.1 Å². The van der Waals surface area contributed by atoms with E-state index in [0.717, 1.165) is 0 Å². The molecule has 0 saturated carbocycles. The maximum absolute atomic E-state index is 13.1. The fourth-order valence-corrected chi connectivity index (χ4v) is 3.24. The molecule has 9 nitrogen and oxygen atoms in total. The molecule has 2 heterocycles. The third-order valence-electron chi connectivity index (χ3n) is 4.60. The van der Waals surface area contributed by atoms with Crippen LogP contribution in [0.5, 0.6) is 0 Å². The van der Waals surface area contributed by atoms with E-state index in [2.05, 4.69) is 0 Å². The van der Waals surface area contributed by atoms with Crippen LogP contribution in [0.4, 0.5) is 5.69 Å². The van der Waals surface area contributed by atoms with Gasteiger partial charge in [-0.3, -0.25) is 24.6 Å². The van der Waals surface area contributed by atoms with Gasteiger partial charge in [-0.2, -0.15) is 0 Å². The Morgan fingerprint density at radius 3 is 2.36 bits per heavy atom. The molecule has 0 atom stereocenters. The van der Waals surface area contributed by atoms with E-state index in [1.54, 1.807) is 0 Å². The van der Waals surface area contributed by atoms with Crippen LogP contribution < -0.4 is 0 Å². The molecule has 9 heteroatoms. The molecule has 2 aliphatic rings. The molecule has 0 spiro atoms. The number of non-ortho nitro benzene ring substituents is 1. The fraction of sp³-hybridized carbons (Fsp3) is 0.474. The number of nitro benzene ring substituents is 1. The minimum atomic E-state index is -0.502. The molecule has 0 N–H and O–H groups in total. The topological polar surface area (TPSA) is 102 Å². The molecule has 150 valence electrons. The van der Waals surface area contributed by atoms with Crippen LogP contribution in [0.15, 0.2) is 30.0 Å². The first kappa shape index (κ1) is 20.0. The van der Waals surface area contributed by atoms with Gasteiger partial charge in [0.25, 0.3) is 17.5 Å². The number of ether oxygens (including phenoxy) is 2. The Balaban J connectivity index is 1.94. The molecule has 1 aromatic carbocycles. The minimum Gasteiger partial charge on any atom is -0.378 e. The molecule has 2 aliphatic heterocycles. The summed E-state index contributed by atoms with van der Waals surface area (Å²) in [5, 5.41) is 10.9. The zero-order chi connectivity index (χ0) is 20.3. The number of rotatable bonds is 7. The van der Waals surface area contributed by atoms with E-state index in [9.17, 15) is 19.7 Å². The van der Waals surface area contributed by atoms with Crippen molar-refractivity contribution >= 4 is 23.1 Å². The second-order valence-electron chi connectivity index (χ2n) is 6.81. The van der Waals surface area contributed by atoms with Crippen molar-refractivity contribution in [1.82, 2.24) is 9.80 Å². The third kappa shape index (κ3) is 4.05. The maximum atomic E-state index is 13.1. The number of amides is 2. The average Bonchev–Trinajstić information content (AvgIpc) is 2.93. The van der Waals surface area contributed by atoms with E-state index in [1.807, 2.05) is 18.7 Å². The quantitative estimate of drug-likeness (QED) is 0.395. The van der Waals surface area contributed by atoms with Gasteiger partial charge in [0.05, 0.1) is 43.0 Å². The summed E-state index contributed by atoms with van der Waals surface area (Å²) in [5.74, 6) is -0.777. The van der Waals surface area contributed by atoms with E-state index in [-0.39, 0.29) is 36.4 Å². The van der Waals surface area contributed by atoms with E-state index >= 15 is 0 Å². The molecule has 1 fully saturated rings. The van der Waals surface area contributed by atoms with Crippen LogP contribution >= 0.6 is 0 Å². The molecule has 2 amide bonds. The predicted octanol–water partition coefficient (Wildman–Crippen LogP) is 1.43. The summed E-state index contributed by atoms with van der Waals surface area (Å²) in [5.41, 5.74) is 1.01. The van der Waals surface area contributed by atoms with Crippen LogP contribution in [-0.2, 0) is 19.1 Å². The normalized spacial score (nSPS) is 17.8. The Bertz CT molecular complexity index is 796. The molecule has 0 radical (unpaired) electrons. The van der Waals surface area contributed by atoms with Crippen molar-refractivity contribution in [2.75, 3.05) is 39.5 Å². The molecule has 1 saturated heterocycles. The molecule has 28 heavy (non-hydrogen) atoms. The highest BCUT2D eigenvalue weighted by Crippen LogP contribution is 2.32. The van der Waals surface area contributed by atoms with Gasteiger partial charge >= 0.3 is 0 Å². The standard InChI is InChI=1S/C19H23N3O6/c1-13(2)28-12-9-21-18(23)16(14-3-5-15(6-4-14)22(25)26)17(19(21)24)20-7-10-27-11-8-20/h3-6,13H,7-12H2,1-2H3. The van der Waals surface area contributed by atoms with Gasteiger partial charge in [-0.05, 0) is 31.5 Å². The van der Waals surface area contributed by atoms with Crippen LogP contribution in [0.2, 0.25) is 0 Å². The smallest absolute Gasteiger partial charge is 0.277 e. The number of nitro groups is 1. The highest BCUT2D eigenvalue weighted by atomic mass is 16.6. The van der Waals surface area contributed by atoms with Gasteiger partial charge in [-0.25, -0.2) is 0 Å². The second kappa shape index (κ2) is 8.49. The highest BCUT2D eigenvalue weighted by Gasteiger charge is 2.41. The van der Waals surface area contributed by atoms with Gasteiger partial charge in [0, 0.05) is 25.2 Å². The van der Waals surface area contributed by atoms with Crippen LogP contribution in [0.1, 0.15) is 19.4 Å². The van der Waals surface area contributed by atoms with Gasteiger partial charge in [-0.15, -0.1) is 0 Å². The molecule has 1 aromatic rings. The van der Waals surface area contributed by atoms with Gasteiger partial charge in [0.1, 0.15) is 5.70 Å².